The van der Waals surface area contributed by atoms with E-state index in [1.165, 1.54) is 0 Å². The maximum atomic E-state index is 14.0. The van der Waals surface area contributed by atoms with Crippen molar-refractivity contribution in [3.05, 3.63) is 62.3 Å². The van der Waals surface area contributed by atoms with E-state index < -0.39 is 11.9 Å². The Labute approximate surface area is 127 Å². The lowest BCUT2D eigenvalue weighted by atomic mass is 10.0. The summed E-state index contributed by atoms with van der Waals surface area (Å²) in [7, 11) is 1.56. The third-order valence-electron chi connectivity index (χ3n) is 2.78. The Morgan fingerprint density at radius 2 is 1.84 bits per heavy atom. The first-order chi connectivity index (χ1) is 9.04. The molecule has 0 aliphatic heterocycles. The predicted molar refractivity (Wildman–Crippen MR) is 78.9 cm³/mol. The Balaban J connectivity index is 2.44. The van der Waals surface area contributed by atoms with Gasteiger partial charge in [0.05, 0.1) is 11.6 Å². The molecule has 2 aromatic carbocycles. The minimum Gasteiger partial charge on any atom is -0.497 e. The molecule has 0 bridgehead atoms. The van der Waals surface area contributed by atoms with Crippen LogP contribution < -0.4 is 4.74 Å². The molecule has 0 aliphatic carbocycles. The summed E-state index contributed by atoms with van der Waals surface area (Å²) in [4.78, 5) is 0. The first-order valence-electron chi connectivity index (χ1n) is 5.50. The Bertz CT molecular complexity index is 602. The van der Waals surface area contributed by atoms with Gasteiger partial charge in [-0.3, -0.25) is 0 Å². The molecule has 1 N–H and O–H groups in total. The smallest absolute Gasteiger partial charge is 0.143 e. The summed E-state index contributed by atoms with van der Waals surface area (Å²) in [5.41, 5.74) is 0.804. The van der Waals surface area contributed by atoms with Crippen LogP contribution in [0.4, 0.5) is 4.39 Å². The van der Waals surface area contributed by atoms with E-state index in [2.05, 4.69) is 31.9 Å². The second-order valence-electron chi connectivity index (χ2n) is 3.93. The van der Waals surface area contributed by atoms with Crippen molar-refractivity contribution in [3.63, 3.8) is 0 Å². The van der Waals surface area contributed by atoms with Crippen molar-refractivity contribution in [2.75, 3.05) is 7.11 Å². The molecular formula is C14H11Br2FO2. The molecule has 0 spiro atoms. The number of hydrogen-bond acceptors (Lipinski definition) is 2. The van der Waals surface area contributed by atoms with Gasteiger partial charge in [-0.1, -0.05) is 34.1 Å². The van der Waals surface area contributed by atoms with Gasteiger partial charge < -0.3 is 9.84 Å². The van der Waals surface area contributed by atoms with Crippen LogP contribution in [-0.4, -0.2) is 12.2 Å². The van der Waals surface area contributed by atoms with Crippen molar-refractivity contribution >= 4 is 31.9 Å². The highest BCUT2D eigenvalue weighted by Gasteiger charge is 2.19. The van der Waals surface area contributed by atoms with Gasteiger partial charge in [-0.15, -0.1) is 0 Å². The van der Waals surface area contributed by atoms with Crippen LogP contribution in [0.3, 0.4) is 0 Å². The van der Waals surface area contributed by atoms with Crippen LogP contribution in [0, 0.1) is 5.82 Å². The molecule has 0 saturated carbocycles. The Morgan fingerprint density at radius 1 is 1.11 bits per heavy atom. The fourth-order valence-corrected chi connectivity index (χ4v) is 2.71. The molecule has 0 aromatic heterocycles. The van der Waals surface area contributed by atoms with Crippen molar-refractivity contribution in [1.29, 1.82) is 0 Å². The topological polar surface area (TPSA) is 29.5 Å². The first kappa shape index (κ1) is 14.5. The van der Waals surface area contributed by atoms with Crippen LogP contribution in [0.15, 0.2) is 45.3 Å². The van der Waals surface area contributed by atoms with Crippen LogP contribution in [0.1, 0.15) is 17.2 Å². The van der Waals surface area contributed by atoms with Crippen molar-refractivity contribution in [3.8, 4) is 5.75 Å². The van der Waals surface area contributed by atoms with Gasteiger partial charge >= 0.3 is 0 Å². The number of benzene rings is 2. The summed E-state index contributed by atoms with van der Waals surface area (Å²) in [6.07, 6.45) is -1.04. The third-order valence-corrected chi connectivity index (χ3v) is 4.08. The lowest BCUT2D eigenvalue weighted by molar-refractivity contribution is 0.214. The molecule has 0 heterocycles. The maximum Gasteiger partial charge on any atom is 0.143 e. The summed E-state index contributed by atoms with van der Waals surface area (Å²) in [5, 5.41) is 10.3. The predicted octanol–water partition coefficient (Wildman–Crippen LogP) is 4.44. The molecule has 0 radical (unpaired) electrons. The number of aliphatic hydroxyl groups is 1. The van der Waals surface area contributed by atoms with Gasteiger partial charge in [-0.2, -0.15) is 0 Å². The van der Waals surface area contributed by atoms with Crippen LogP contribution in [-0.2, 0) is 0 Å². The van der Waals surface area contributed by atoms with Gasteiger partial charge in [0.1, 0.15) is 17.7 Å². The zero-order valence-electron chi connectivity index (χ0n) is 10.0. The third kappa shape index (κ3) is 2.99. The molecular weight excluding hydrogens is 379 g/mol. The average Bonchev–Trinajstić information content (AvgIpc) is 2.41. The molecule has 2 aromatic rings. The molecule has 0 aliphatic rings. The Hall–Kier alpha value is -0.910. The van der Waals surface area contributed by atoms with Crippen LogP contribution in [0.25, 0.3) is 0 Å². The normalized spacial score (nSPS) is 12.3. The summed E-state index contributed by atoms with van der Waals surface area (Å²) in [5.74, 6) is 0.204. The van der Waals surface area contributed by atoms with E-state index >= 15 is 0 Å². The number of ether oxygens (including phenoxy) is 1. The van der Waals surface area contributed by atoms with Crippen LogP contribution in [0.5, 0.6) is 5.75 Å². The van der Waals surface area contributed by atoms with E-state index in [0.717, 1.165) is 0 Å². The zero-order valence-corrected chi connectivity index (χ0v) is 13.2. The summed E-state index contributed by atoms with van der Waals surface area (Å²) in [6.45, 7) is 0. The molecule has 19 heavy (non-hydrogen) atoms. The monoisotopic (exact) mass is 388 g/mol. The number of hydrogen-bond donors (Lipinski definition) is 1. The molecule has 0 saturated heterocycles. The minimum absolute atomic E-state index is 0.222. The van der Waals surface area contributed by atoms with E-state index in [1.54, 1.807) is 43.5 Å². The Morgan fingerprint density at radius 3 is 2.47 bits per heavy atom. The summed E-state index contributed by atoms with van der Waals surface area (Å²) in [6, 6.07) is 9.99. The van der Waals surface area contributed by atoms with E-state index in [1.807, 2.05) is 0 Å². The molecule has 2 nitrogen and oxygen atoms in total. The Kier molecular flexibility index (Phi) is 4.60. The molecule has 0 fully saturated rings. The quantitative estimate of drug-likeness (QED) is 0.840. The molecule has 5 heteroatoms. The lowest BCUT2D eigenvalue weighted by Crippen LogP contribution is -2.04. The maximum absolute atomic E-state index is 14.0. The van der Waals surface area contributed by atoms with E-state index in [-0.39, 0.29) is 5.56 Å². The van der Waals surface area contributed by atoms with Crippen molar-refractivity contribution in [2.24, 2.45) is 0 Å². The highest BCUT2D eigenvalue weighted by atomic mass is 79.9. The van der Waals surface area contributed by atoms with Crippen molar-refractivity contribution in [1.82, 2.24) is 0 Å². The number of aliphatic hydroxyl groups excluding tert-OH is 1. The van der Waals surface area contributed by atoms with Crippen LogP contribution >= 0.6 is 31.9 Å². The van der Waals surface area contributed by atoms with Gasteiger partial charge in [0.15, 0.2) is 0 Å². The fourth-order valence-electron chi connectivity index (χ4n) is 1.76. The highest BCUT2D eigenvalue weighted by Crippen LogP contribution is 2.33. The summed E-state index contributed by atoms with van der Waals surface area (Å²) >= 11 is 6.47. The second-order valence-corrected chi connectivity index (χ2v) is 5.64. The standard InChI is InChI=1S/C14H11Br2FO2/c1-19-8-5-6-9(12(16)7-8)14(18)10-3-2-4-11(15)13(10)17/h2-7,14,18H,1H3. The molecule has 0 amide bonds. The molecule has 1 unspecified atom stereocenters. The number of methoxy groups -OCH3 is 1. The van der Waals surface area contributed by atoms with E-state index in [9.17, 15) is 9.50 Å². The van der Waals surface area contributed by atoms with Gasteiger partial charge in [0.2, 0.25) is 0 Å². The van der Waals surface area contributed by atoms with Gasteiger partial charge in [-0.05, 0) is 39.7 Å². The van der Waals surface area contributed by atoms with E-state index in [0.29, 0.717) is 20.3 Å². The molecule has 100 valence electrons. The average molecular weight is 390 g/mol. The zero-order chi connectivity index (χ0) is 14.0. The number of halogens is 3. The van der Waals surface area contributed by atoms with Crippen molar-refractivity contribution in [2.45, 2.75) is 6.10 Å². The van der Waals surface area contributed by atoms with Crippen molar-refractivity contribution < 1.29 is 14.2 Å². The van der Waals surface area contributed by atoms with Crippen LogP contribution in [0.2, 0.25) is 0 Å². The van der Waals surface area contributed by atoms with Gasteiger partial charge in [0, 0.05) is 10.0 Å². The fraction of sp³-hybridized carbons (Fsp3) is 0.143. The molecule has 2 rings (SSSR count). The summed E-state index contributed by atoms with van der Waals surface area (Å²) < 4.78 is 20.0. The van der Waals surface area contributed by atoms with E-state index in [4.69, 9.17) is 4.74 Å². The largest absolute Gasteiger partial charge is 0.497 e. The minimum atomic E-state index is -1.04. The van der Waals surface area contributed by atoms with Gasteiger partial charge in [0.25, 0.3) is 0 Å². The molecule has 1 atom stereocenters. The highest BCUT2D eigenvalue weighted by molar-refractivity contribution is 9.10. The second kappa shape index (κ2) is 6.03. The SMILES string of the molecule is COc1ccc(C(O)c2cccc(Br)c2F)c(Br)c1. The first-order valence-corrected chi connectivity index (χ1v) is 7.08. The van der Waals surface area contributed by atoms with Gasteiger partial charge in [-0.25, -0.2) is 4.39 Å². The lowest BCUT2D eigenvalue weighted by Gasteiger charge is -2.15. The number of rotatable bonds is 3.